The number of hydrogen-bond acceptors (Lipinski definition) is 2. The molecule has 3 heteroatoms. The van der Waals surface area contributed by atoms with Crippen LogP contribution in [0.5, 0.6) is 0 Å². The second-order valence-electron chi connectivity index (χ2n) is 6.53. The molecule has 23 heavy (non-hydrogen) atoms. The molecular formula is C20H28O2P+. The van der Waals surface area contributed by atoms with Gasteiger partial charge in [-0.15, -0.1) is 0 Å². The molecule has 0 radical (unpaired) electrons. The van der Waals surface area contributed by atoms with Crippen molar-refractivity contribution in [2.24, 2.45) is 0 Å². The van der Waals surface area contributed by atoms with E-state index in [4.69, 9.17) is 9.05 Å². The van der Waals surface area contributed by atoms with Gasteiger partial charge in [-0.05, 0) is 65.8 Å². The summed E-state index contributed by atoms with van der Waals surface area (Å²) in [6, 6.07) is 17.1. The Bertz CT molecular complexity index is 558. The molecule has 0 aliphatic heterocycles. The zero-order valence-corrected chi connectivity index (χ0v) is 15.9. The van der Waals surface area contributed by atoms with Gasteiger partial charge in [0.1, 0.15) is 12.2 Å². The summed E-state index contributed by atoms with van der Waals surface area (Å²) in [6.45, 7) is 12.5. The first-order valence-electron chi connectivity index (χ1n) is 8.24. The standard InChI is InChI=1S/C20H28O2P/c1-15(2)21-23(22-16(3)4,19-11-7-17(5)8-12-19)20-13-9-18(6)10-14-20/h7-16H,1-6H3/q+1. The first-order valence-corrected chi connectivity index (χ1v) is 9.86. The van der Waals surface area contributed by atoms with Crippen LogP contribution in [0.25, 0.3) is 0 Å². The normalized spacial score (nSPS) is 12.2. The summed E-state index contributed by atoms with van der Waals surface area (Å²) in [6.07, 6.45) is 0.175. The lowest BCUT2D eigenvalue weighted by Gasteiger charge is -2.27. The molecule has 0 aromatic heterocycles. The molecule has 0 aliphatic carbocycles. The molecule has 0 aliphatic rings. The van der Waals surface area contributed by atoms with Crippen LogP contribution in [-0.2, 0) is 9.05 Å². The SMILES string of the molecule is Cc1ccc([P+](OC(C)C)(OC(C)C)c2ccc(C)cc2)cc1. The summed E-state index contributed by atoms with van der Waals surface area (Å²) in [5.74, 6) is 0. The van der Waals surface area contributed by atoms with Crippen molar-refractivity contribution in [2.45, 2.75) is 53.8 Å². The van der Waals surface area contributed by atoms with Crippen LogP contribution in [-0.4, -0.2) is 12.2 Å². The summed E-state index contributed by atoms with van der Waals surface area (Å²) in [5.41, 5.74) is 2.48. The van der Waals surface area contributed by atoms with Gasteiger partial charge in [-0.1, -0.05) is 35.4 Å². The average molecular weight is 331 g/mol. The zero-order chi connectivity index (χ0) is 17.0. The van der Waals surface area contributed by atoms with Gasteiger partial charge in [-0.3, -0.25) is 0 Å². The Balaban J connectivity index is 2.62. The van der Waals surface area contributed by atoms with Crippen molar-refractivity contribution in [1.82, 2.24) is 0 Å². The predicted octanol–water partition coefficient (Wildman–Crippen LogP) is 4.95. The van der Waals surface area contributed by atoms with Gasteiger partial charge in [0.15, 0.2) is 10.6 Å². The summed E-state index contributed by atoms with van der Waals surface area (Å²) < 4.78 is 13.0. The highest BCUT2D eigenvalue weighted by molar-refractivity contribution is 7.81. The van der Waals surface area contributed by atoms with E-state index in [-0.39, 0.29) is 12.2 Å². The first kappa shape index (κ1) is 18.1. The molecule has 0 spiro atoms. The minimum atomic E-state index is -2.35. The topological polar surface area (TPSA) is 18.5 Å². The fourth-order valence-electron chi connectivity index (χ4n) is 2.49. The third-order valence-electron chi connectivity index (χ3n) is 3.47. The summed E-state index contributed by atoms with van der Waals surface area (Å²) in [4.78, 5) is 0. The van der Waals surface area contributed by atoms with Crippen LogP contribution in [0.15, 0.2) is 48.5 Å². The van der Waals surface area contributed by atoms with Crippen molar-refractivity contribution in [3.05, 3.63) is 59.7 Å². The lowest BCUT2D eigenvalue weighted by Crippen LogP contribution is -2.30. The number of benzene rings is 2. The van der Waals surface area contributed by atoms with E-state index >= 15 is 0 Å². The predicted molar refractivity (Wildman–Crippen MR) is 101 cm³/mol. The summed E-state index contributed by atoms with van der Waals surface area (Å²) in [7, 11) is -2.35. The lowest BCUT2D eigenvalue weighted by atomic mass is 10.2. The van der Waals surface area contributed by atoms with Crippen LogP contribution in [0.2, 0.25) is 0 Å². The first-order chi connectivity index (χ1) is 10.8. The highest BCUT2D eigenvalue weighted by Gasteiger charge is 2.49. The molecule has 0 atom stereocenters. The Kier molecular flexibility index (Phi) is 5.97. The Hall–Kier alpha value is -1.21. The summed E-state index contributed by atoms with van der Waals surface area (Å²) in [5, 5.41) is 2.27. The van der Waals surface area contributed by atoms with Crippen molar-refractivity contribution in [2.75, 3.05) is 0 Å². The Morgan fingerprint density at radius 1 is 0.609 bits per heavy atom. The van der Waals surface area contributed by atoms with Crippen molar-refractivity contribution in [3.63, 3.8) is 0 Å². The monoisotopic (exact) mass is 331 g/mol. The van der Waals surface area contributed by atoms with Crippen molar-refractivity contribution < 1.29 is 9.05 Å². The van der Waals surface area contributed by atoms with Crippen LogP contribution >= 0.6 is 7.72 Å². The minimum absolute atomic E-state index is 0.0877. The summed E-state index contributed by atoms with van der Waals surface area (Å²) >= 11 is 0. The van der Waals surface area contributed by atoms with Crippen molar-refractivity contribution >= 4 is 18.3 Å². The molecular weight excluding hydrogens is 303 g/mol. The molecule has 0 saturated heterocycles. The lowest BCUT2D eigenvalue weighted by molar-refractivity contribution is 0.174. The number of rotatable bonds is 6. The number of aryl methyl sites for hydroxylation is 2. The second kappa shape index (κ2) is 7.57. The van der Waals surface area contributed by atoms with Crippen molar-refractivity contribution in [3.8, 4) is 0 Å². The minimum Gasteiger partial charge on any atom is -0.193 e. The largest absolute Gasteiger partial charge is 0.340 e. The molecule has 0 heterocycles. The molecule has 0 saturated carbocycles. The van der Waals surface area contributed by atoms with Gasteiger partial charge < -0.3 is 0 Å². The smallest absolute Gasteiger partial charge is 0.193 e. The second-order valence-corrected chi connectivity index (χ2v) is 9.09. The van der Waals surface area contributed by atoms with Crippen LogP contribution in [0.1, 0.15) is 38.8 Å². The van der Waals surface area contributed by atoms with Gasteiger partial charge in [0.05, 0.1) is 0 Å². The molecule has 2 aromatic rings. The van der Waals surface area contributed by atoms with E-state index in [0.717, 1.165) is 10.6 Å². The van der Waals surface area contributed by atoms with Gasteiger partial charge in [-0.2, -0.15) is 9.05 Å². The molecule has 0 unspecified atom stereocenters. The van der Waals surface area contributed by atoms with Crippen LogP contribution in [0.4, 0.5) is 0 Å². The van der Waals surface area contributed by atoms with Crippen LogP contribution in [0, 0.1) is 13.8 Å². The van der Waals surface area contributed by atoms with Crippen LogP contribution in [0.3, 0.4) is 0 Å². The van der Waals surface area contributed by atoms with Gasteiger partial charge in [-0.25, -0.2) is 0 Å². The fraction of sp³-hybridized carbons (Fsp3) is 0.400. The van der Waals surface area contributed by atoms with Gasteiger partial charge in [0.25, 0.3) is 0 Å². The third kappa shape index (κ3) is 4.41. The average Bonchev–Trinajstić information content (AvgIpc) is 2.46. The zero-order valence-electron chi connectivity index (χ0n) is 15.0. The highest BCUT2D eigenvalue weighted by atomic mass is 31.2. The molecule has 0 bridgehead atoms. The van der Waals surface area contributed by atoms with Crippen molar-refractivity contribution in [1.29, 1.82) is 0 Å². The highest BCUT2D eigenvalue weighted by Crippen LogP contribution is 2.60. The Morgan fingerprint density at radius 2 is 0.913 bits per heavy atom. The van der Waals surface area contributed by atoms with E-state index < -0.39 is 7.72 Å². The van der Waals surface area contributed by atoms with Gasteiger partial charge in [0.2, 0.25) is 0 Å². The Morgan fingerprint density at radius 3 is 1.17 bits per heavy atom. The fourth-order valence-corrected chi connectivity index (χ4v) is 5.60. The quantitative estimate of drug-likeness (QED) is 0.697. The van der Waals surface area contributed by atoms with Crippen LogP contribution < -0.4 is 10.6 Å². The van der Waals surface area contributed by atoms with E-state index in [9.17, 15) is 0 Å². The maximum Gasteiger partial charge on any atom is 0.340 e. The van der Waals surface area contributed by atoms with E-state index in [1.165, 1.54) is 11.1 Å². The molecule has 0 N–H and O–H groups in total. The third-order valence-corrected chi connectivity index (χ3v) is 6.86. The maximum atomic E-state index is 6.49. The molecule has 0 amide bonds. The van der Waals surface area contributed by atoms with E-state index in [2.05, 4.69) is 90.1 Å². The molecule has 0 fully saturated rings. The molecule has 2 rings (SSSR count). The van der Waals surface area contributed by atoms with Gasteiger partial charge in [0, 0.05) is 0 Å². The van der Waals surface area contributed by atoms with E-state index in [1.54, 1.807) is 0 Å². The molecule has 2 aromatic carbocycles. The van der Waals surface area contributed by atoms with E-state index in [1.807, 2.05) is 0 Å². The molecule has 124 valence electrons. The van der Waals surface area contributed by atoms with E-state index in [0.29, 0.717) is 0 Å². The van der Waals surface area contributed by atoms with Gasteiger partial charge >= 0.3 is 7.72 Å². The number of hydrogen-bond donors (Lipinski definition) is 0. The maximum absolute atomic E-state index is 6.49. The Labute approximate surface area is 141 Å². The molecule has 2 nitrogen and oxygen atoms in total.